The summed E-state index contributed by atoms with van der Waals surface area (Å²) in [5.74, 6) is -0.881. The number of halogens is 2. The fourth-order valence-electron chi connectivity index (χ4n) is 2.08. The maximum Gasteiger partial charge on any atom is 0.244 e. The molecule has 2 rings (SSSR count). The van der Waals surface area contributed by atoms with E-state index in [-0.39, 0.29) is 30.6 Å². The maximum atomic E-state index is 13.0. The molecule has 130 valence electrons. The third-order valence-electron chi connectivity index (χ3n) is 3.40. The fraction of sp³-hybridized carbons (Fsp3) is 0.158. The zero-order valence-corrected chi connectivity index (χ0v) is 15.3. The number of anilines is 1. The summed E-state index contributed by atoms with van der Waals surface area (Å²) in [6, 6.07) is 11.6. The van der Waals surface area contributed by atoms with Gasteiger partial charge in [0, 0.05) is 29.2 Å². The summed E-state index contributed by atoms with van der Waals surface area (Å²) in [7, 11) is 0. The first-order valence-electron chi connectivity index (χ1n) is 7.71. The maximum absolute atomic E-state index is 13.0. The fourth-order valence-corrected chi connectivity index (χ4v) is 2.44. The van der Waals surface area contributed by atoms with Crippen LogP contribution >= 0.6 is 15.9 Å². The largest absolute Gasteiger partial charge is 0.352 e. The Hall–Kier alpha value is -2.47. The lowest BCUT2D eigenvalue weighted by Gasteiger charge is -2.09. The van der Waals surface area contributed by atoms with Crippen LogP contribution in [0, 0.1) is 12.7 Å². The molecular weight excluding hydrogens is 387 g/mol. The van der Waals surface area contributed by atoms with Gasteiger partial charge < -0.3 is 10.6 Å². The zero-order chi connectivity index (χ0) is 18.2. The van der Waals surface area contributed by atoms with E-state index < -0.39 is 0 Å². The third-order valence-corrected chi connectivity index (χ3v) is 3.89. The lowest BCUT2D eigenvalue weighted by atomic mass is 10.2. The highest BCUT2D eigenvalue weighted by atomic mass is 79.9. The van der Waals surface area contributed by atoms with Crippen LogP contribution in [0.3, 0.4) is 0 Å². The summed E-state index contributed by atoms with van der Waals surface area (Å²) in [5.41, 5.74) is 2.29. The molecule has 0 saturated carbocycles. The van der Waals surface area contributed by atoms with Crippen LogP contribution in [-0.4, -0.2) is 18.4 Å². The minimum Gasteiger partial charge on any atom is -0.352 e. The molecule has 0 spiro atoms. The molecule has 6 heteroatoms. The van der Waals surface area contributed by atoms with Crippen LogP contribution in [0.2, 0.25) is 0 Å². The molecule has 0 bridgehead atoms. The predicted octanol–water partition coefficient (Wildman–Crippen LogP) is 4.05. The van der Waals surface area contributed by atoms with Crippen molar-refractivity contribution in [2.75, 3.05) is 11.9 Å². The Bertz CT molecular complexity index is 806. The van der Waals surface area contributed by atoms with Crippen LogP contribution in [0.25, 0.3) is 6.08 Å². The van der Waals surface area contributed by atoms with Crippen LogP contribution < -0.4 is 10.6 Å². The van der Waals surface area contributed by atoms with E-state index in [1.54, 1.807) is 12.1 Å². The van der Waals surface area contributed by atoms with Gasteiger partial charge in [-0.15, -0.1) is 0 Å². The summed E-state index contributed by atoms with van der Waals surface area (Å²) in [6.45, 7) is 2.12. The van der Waals surface area contributed by atoms with E-state index in [0.29, 0.717) is 5.56 Å². The van der Waals surface area contributed by atoms with Gasteiger partial charge in [-0.1, -0.05) is 34.1 Å². The molecule has 25 heavy (non-hydrogen) atoms. The molecule has 0 aliphatic heterocycles. The van der Waals surface area contributed by atoms with Gasteiger partial charge in [0.05, 0.1) is 0 Å². The molecular formula is C19H18BrFN2O2. The SMILES string of the molecule is Cc1ccc(Br)cc1NC(=O)CCNC(=O)/C=C/c1cccc(F)c1. The molecule has 0 fully saturated rings. The number of aryl methyl sites for hydroxylation is 1. The van der Waals surface area contributed by atoms with E-state index in [9.17, 15) is 14.0 Å². The monoisotopic (exact) mass is 404 g/mol. The van der Waals surface area contributed by atoms with Crippen molar-refractivity contribution in [2.24, 2.45) is 0 Å². The summed E-state index contributed by atoms with van der Waals surface area (Å²) in [6.07, 6.45) is 2.99. The second-order valence-electron chi connectivity index (χ2n) is 5.44. The molecule has 0 atom stereocenters. The van der Waals surface area contributed by atoms with Crippen molar-refractivity contribution in [3.8, 4) is 0 Å². The van der Waals surface area contributed by atoms with E-state index in [1.165, 1.54) is 24.3 Å². The number of nitrogens with one attached hydrogen (secondary N) is 2. The van der Waals surface area contributed by atoms with Crippen molar-refractivity contribution in [3.63, 3.8) is 0 Å². The number of hydrogen-bond acceptors (Lipinski definition) is 2. The van der Waals surface area contributed by atoms with Crippen LogP contribution in [0.1, 0.15) is 17.5 Å². The Morgan fingerprint density at radius 3 is 2.76 bits per heavy atom. The molecule has 2 amide bonds. The summed E-state index contributed by atoms with van der Waals surface area (Å²) in [5, 5.41) is 5.43. The van der Waals surface area contributed by atoms with Gasteiger partial charge in [-0.3, -0.25) is 9.59 Å². The van der Waals surface area contributed by atoms with Gasteiger partial charge in [0.15, 0.2) is 0 Å². The van der Waals surface area contributed by atoms with Crippen molar-refractivity contribution in [1.29, 1.82) is 0 Å². The molecule has 2 N–H and O–H groups in total. The van der Waals surface area contributed by atoms with Gasteiger partial charge in [0.1, 0.15) is 5.82 Å². The molecule has 0 aliphatic carbocycles. The number of hydrogen-bond donors (Lipinski definition) is 2. The number of amides is 2. The number of rotatable bonds is 6. The van der Waals surface area contributed by atoms with Gasteiger partial charge in [-0.2, -0.15) is 0 Å². The van der Waals surface area contributed by atoms with Crippen molar-refractivity contribution >= 4 is 39.5 Å². The summed E-state index contributed by atoms with van der Waals surface area (Å²) < 4.78 is 13.9. The second kappa shape index (κ2) is 9.13. The Morgan fingerprint density at radius 1 is 1.20 bits per heavy atom. The van der Waals surface area contributed by atoms with Gasteiger partial charge in [-0.25, -0.2) is 4.39 Å². The minimum absolute atomic E-state index is 0.158. The van der Waals surface area contributed by atoms with Gasteiger partial charge >= 0.3 is 0 Å². The lowest BCUT2D eigenvalue weighted by molar-refractivity contribution is -0.117. The molecule has 0 saturated heterocycles. The number of carbonyl (C=O) groups excluding carboxylic acids is 2. The van der Waals surface area contributed by atoms with Crippen molar-refractivity contribution in [2.45, 2.75) is 13.3 Å². The van der Waals surface area contributed by atoms with E-state index >= 15 is 0 Å². The van der Waals surface area contributed by atoms with E-state index in [4.69, 9.17) is 0 Å². The summed E-state index contributed by atoms with van der Waals surface area (Å²) >= 11 is 3.36. The second-order valence-corrected chi connectivity index (χ2v) is 6.35. The lowest BCUT2D eigenvalue weighted by Crippen LogP contribution is -2.26. The Kier molecular flexibility index (Phi) is 6.89. The average molecular weight is 405 g/mol. The van der Waals surface area contributed by atoms with E-state index in [1.807, 2.05) is 25.1 Å². The molecule has 0 heterocycles. The normalized spacial score (nSPS) is 10.7. The minimum atomic E-state index is -0.359. The number of carbonyl (C=O) groups is 2. The number of benzene rings is 2. The zero-order valence-electron chi connectivity index (χ0n) is 13.7. The highest BCUT2D eigenvalue weighted by molar-refractivity contribution is 9.10. The Labute approximate surface area is 154 Å². The van der Waals surface area contributed by atoms with Crippen LogP contribution in [0.15, 0.2) is 53.0 Å². The highest BCUT2D eigenvalue weighted by Crippen LogP contribution is 2.20. The molecule has 0 aromatic heterocycles. The average Bonchev–Trinajstić information content (AvgIpc) is 2.56. The molecule has 0 unspecified atom stereocenters. The van der Waals surface area contributed by atoms with E-state index in [2.05, 4.69) is 26.6 Å². The van der Waals surface area contributed by atoms with E-state index in [0.717, 1.165) is 15.7 Å². The molecule has 2 aromatic carbocycles. The quantitative estimate of drug-likeness (QED) is 0.713. The van der Waals surface area contributed by atoms with Gasteiger partial charge in [0.25, 0.3) is 0 Å². The summed E-state index contributed by atoms with van der Waals surface area (Å²) in [4.78, 5) is 23.6. The third kappa shape index (κ3) is 6.51. The van der Waals surface area contributed by atoms with Crippen molar-refractivity contribution in [3.05, 3.63) is 70.0 Å². The standard InChI is InChI=1S/C19H18BrFN2O2/c1-13-5-7-15(20)12-17(13)23-19(25)9-10-22-18(24)8-6-14-3-2-4-16(21)11-14/h2-8,11-12H,9-10H2,1H3,(H,22,24)(H,23,25)/b8-6+. The molecule has 0 radical (unpaired) electrons. The molecule has 0 aliphatic rings. The first kappa shape index (κ1) is 18.9. The topological polar surface area (TPSA) is 58.2 Å². The first-order valence-corrected chi connectivity index (χ1v) is 8.51. The van der Waals surface area contributed by atoms with Gasteiger partial charge in [-0.05, 0) is 48.4 Å². The smallest absolute Gasteiger partial charge is 0.244 e. The first-order chi connectivity index (χ1) is 11.9. The van der Waals surface area contributed by atoms with Crippen molar-refractivity contribution < 1.29 is 14.0 Å². The Morgan fingerprint density at radius 2 is 2.00 bits per heavy atom. The van der Waals surface area contributed by atoms with Crippen molar-refractivity contribution in [1.82, 2.24) is 5.32 Å². The van der Waals surface area contributed by atoms with Gasteiger partial charge in [0.2, 0.25) is 11.8 Å². The van der Waals surface area contributed by atoms with Crippen LogP contribution in [0.4, 0.5) is 10.1 Å². The predicted molar refractivity (Wildman–Crippen MR) is 101 cm³/mol. The van der Waals surface area contributed by atoms with Crippen LogP contribution in [-0.2, 0) is 9.59 Å². The molecule has 4 nitrogen and oxygen atoms in total. The highest BCUT2D eigenvalue weighted by Gasteiger charge is 2.06. The Balaban J connectivity index is 1.77. The molecule has 2 aromatic rings. The van der Waals surface area contributed by atoms with Crippen LogP contribution in [0.5, 0.6) is 0 Å².